The Morgan fingerprint density at radius 1 is 1.15 bits per heavy atom. The molecule has 0 bridgehead atoms. The molecule has 4 rings (SSSR count). The topological polar surface area (TPSA) is 40.9 Å². The number of halogens is 1. The Balaban J connectivity index is 1.32. The molecule has 0 radical (unpaired) electrons. The molecule has 146 valence electrons. The van der Waals surface area contributed by atoms with Crippen molar-refractivity contribution < 1.29 is 9.84 Å². The molecule has 3 heterocycles. The number of benzene rings is 1. The van der Waals surface area contributed by atoms with Crippen LogP contribution in [-0.4, -0.2) is 63.9 Å². The fourth-order valence-electron chi connectivity index (χ4n) is 4.31. The predicted molar refractivity (Wildman–Crippen MR) is 107 cm³/mol. The molecule has 2 aliphatic heterocycles. The molecule has 27 heavy (non-hydrogen) atoms. The van der Waals surface area contributed by atoms with Gasteiger partial charge in [0.2, 0.25) is 0 Å². The van der Waals surface area contributed by atoms with Crippen molar-refractivity contribution in [1.82, 2.24) is 14.4 Å². The summed E-state index contributed by atoms with van der Waals surface area (Å²) in [6.07, 6.45) is 2.87. The summed E-state index contributed by atoms with van der Waals surface area (Å²) < 4.78 is 8.12. The van der Waals surface area contributed by atoms with Crippen LogP contribution in [0.25, 0.3) is 0 Å². The molecule has 2 fully saturated rings. The van der Waals surface area contributed by atoms with Crippen molar-refractivity contribution in [3.05, 3.63) is 53.3 Å². The predicted octanol–water partition coefficient (Wildman–Crippen LogP) is 2.86. The van der Waals surface area contributed by atoms with Gasteiger partial charge in [0.05, 0.1) is 12.6 Å². The van der Waals surface area contributed by atoms with E-state index in [9.17, 15) is 5.11 Å². The van der Waals surface area contributed by atoms with E-state index in [-0.39, 0.29) is 6.10 Å². The van der Waals surface area contributed by atoms with E-state index in [0.717, 1.165) is 49.9 Å². The first-order valence-electron chi connectivity index (χ1n) is 9.77. The number of ether oxygens (including phenoxy) is 1. The highest BCUT2D eigenvalue weighted by Gasteiger charge is 2.38. The minimum absolute atomic E-state index is 0.156. The Kier molecular flexibility index (Phi) is 5.74. The zero-order chi connectivity index (χ0) is 18.8. The third-order valence-corrected chi connectivity index (χ3v) is 6.03. The number of aliphatic hydroxyl groups is 1. The van der Waals surface area contributed by atoms with Crippen molar-refractivity contribution in [2.24, 2.45) is 0 Å². The van der Waals surface area contributed by atoms with E-state index in [0.29, 0.717) is 18.7 Å². The van der Waals surface area contributed by atoms with Crippen molar-refractivity contribution in [2.75, 3.05) is 26.2 Å². The van der Waals surface area contributed by atoms with Gasteiger partial charge in [-0.2, -0.15) is 0 Å². The van der Waals surface area contributed by atoms with Crippen molar-refractivity contribution >= 4 is 11.6 Å². The monoisotopic (exact) mass is 389 g/mol. The summed E-state index contributed by atoms with van der Waals surface area (Å²) in [4.78, 5) is 5.00. The maximum Gasteiger partial charge on any atom is 0.119 e. The smallest absolute Gasteiger partial charge is 0.119 e. The Morgan fingerprint density at radius 3 is 2.78 bits per heavy atom. The van der Waals surface area contributed by atoms with Crippen LogP contribution in [0.5, 0.6) is 5.75 Å². The summed E-state index contributed by atoms with van der Waals surface area (Å²) in [5, 5.41) is 10.7. The molecule has 1 N–H and O–H groups in total. The first-order chi connectivity index (χ1) is 13.1. The van der Waals surface area contributed by atoms with E-state index < -0.39 is 0 Å². The molecule has 3 atom stereocenters. The van der Waals surface area contributed by atoms with Gasteiger partial charge >= 0.3 is 0 Å². The van der Waals surface area contributed by atoms with Gasteiger partial charge in [0.1, 0.15) is 12.4 Å². The van der Waals surface area contributed by atoms with Crippen LogP contribution in [0.15, 0.2) is 42.6 Å². The molecule has 2 aliphatic rings. The first kappa shape index (κ1) is 18.8. The second-order valence-corrected chi connectivity index (χ2v) is 8.21. The summed E-state index contributed by atoms with van der Waals surface area (Å²) in [6.45, 7) is 7.59. The molecule has 0 aliphatic carbocycles. The summed E-state index contributed by atoms with van der Waals surface area (Å²) in [5.74, 6) is 0.845. The normalized spacial score (nSPS) is 26.3. The average molecular weight is 390 g/mol. The largest absolute Gasteiger partial charge is 0.492 e. The number of rotatable bonds is 6. The second-order valence-electron chi connectivity index (χ2n) is 7.77. The standard InChI is InChI=1S/C21H28ClN3O2/c1-16-12-25-15-20(26)11-19(25)14-24(16)13-18-3-2-8-23(18)9-10-27-21-6-4-17(22)5-7-21/h2-8,16,19-20,26H,9-15H2,1H3/t16-,19+,20-/m1/s1. The zero-order valence-corrected chi connectivity index (χ0v) is 16.6. The van der Waals surface area contributed by atoms with E-state index in [4.69, 9.17) is 16.3 Å². The third-order valence-electron chi connectivity index (χ3n) is 5.78. The first-order valence-corrected chi connectivity index (χ1v) is 10.1. The molecule has 0 saturated carbocycles. The Morgan fingerprint density at radius 2 is 1.96 bits per heavy atom. The zero-order valence-electron chi connectivity index (χ0n) is 15.8. The summed E-state index contributed by atoms with van der Waals surface area (Å²) in [6, 6.07) is 12.8. The lowest BCUT2D eigenvalue weighted by Crippen LogP contribution is -2.54. The molecule has 5 nitrogen and oxygen atoms in total. The van der Waals surface area contributed by atoms with E-state index in [2.05, 4.69) is 39.6 Å². The SMILES string of the molecule is C[C@@H]1CN2C[C@H](O)C[C@H]2CN1Cc1cccn1CCOc1ccc(Cl)cc1. The lowest BCUT2D eigenvalue weighted by molar-refractivity contribution is 0.0511. The molecule has 1 aromatic heterocycles. The summed E-state index contributed by atoms with van der Waals surface area (Å²) >= 11 is 5.91. The number of hydrogen-bond acceptors (Lipinski definition) is 4. The molecular weight excluding hydrogens is 362 g/mol. The molecule has 0 spiro atoms. The minimum Gasteiger partial charge on any atom is -0.492 e. The van der Waals surface area contributed by atoms with Gasteiger partial charge in [-0.05, 0) is 49.7 Å². The van der Waals surface area contributed by atoms with E-state index in [1.54, 1.807) is 0 Å². The number of aliphatic hydroxyl groups excluding tert-OH is 1. The highest BCUT2D eigenvalue weighted by molar-refractivity contribution is 6.30. The van der Waals surface area contributed by atoms with Gasteiger partial charge in [-0.25, -0.2) is 0 Å². The number of aromatic nitrogens is 1. The van der Waals surface area contributed by atoms with E-state index in [1.165, 1.54) is 5.69 Å². The molecule has 2 aromatic rings. The Labute approximate surface area is 166 Å². The number of fused-ring (bicyclic) bond motifs is 1. The van der Waals surface area contributed by atoms with Gasteiger partial charge in [-0.3, -0.25) is 9.80 Å². The van der Waals surface area contributed by atoms with E-state index >= 15 is 0 Å². The van der Waals surface area contributed by atoms with Gasteiger partial charge < -0.3 is 14.4 Å². The third kappa shape index (κ3) is 4.49. The van der Waals surface area contributed by atoms with Crippen molar-refractivity contribution in [1.29, 1.82) is 0 Å². The van der Waals surface area contributed by atoms with Crippen molar-refractivity contribution in [3.8, 4) is 5.75 Å². The molecule has 0 amide bonds. The second kappa shape index (κ2) is 8.23. The van der Waals surface area contributed by atoms with Crippen LogP contribution in [0.3, 0.4) is 0 Å². The number of hydrogen-bond donors (Lipinski definition) is 1. The number of piperazine rings is 1. The lowest BCUT2D eigenvalue weighted by Gasteiger charge is -2.42. The van der Waals surface area contributed by atoms with Gasteiger partial charge in [0.15, 0.2) is 0 Å². The van der Waals surface area contributed by atoms with Crippen molar-refractivity contribution in [3.63, 3.8) is 0 Å². The molecule has 2 saturated heterocycles. The van der Waals surface area contributed by atoms with Gasteiger partial charge in [0, 0.05) is 55.2 Å². The van der Waals surface area contributed by atoms with E-state index in [1.807, 2.05) is 24.3 Å². The van der Waals surface area contributed by atoms with Crippen LogP contribution in [0.4, 0.5) is 0 Å². The fourth-order valence-corrected chi connectivity index (χ4v) is 4.43. The molecule has 1 aromatic carbocycles. The average Bonchev–Trinajstić information content (AvgIpc) is 3.22. The van der Waals surface area contributed by atoms with Gasteiger partial charge in [0.25, 0.3) is 0 Å². The van der Waals surface area contributed by atoms with Crippen LogP contribution < -0.4 is 4.74 Å². The molecule has 0 unspecified atom stereocenters. The number of nitrogens with zero attached hydrogens (tertiary/aromatic N) is 3. The maximum absolute atomic E-state index is 9.95. The van der Waals surface area contributed by atoms with Crippen molar-refractivity contribution in [2.45, 2.75) is 44.6 Å². The highest BCUT2D eigenvalue weighted by atomic mass is 35.5. The molecular formula is C21H28ClN3O2. The highest BCUT2D eigenvalue weighted by Crippen LogP contribution is 2.26. The maximum atomic E-state index is 9.95. The van der Waals surface area contributed by atoms with Crippen LogP contribution >= 0.6 is 11.6 Å². The summed E-state index contributed by atoms with van der Waals surface area (Å²) in [5.41, 5.74) is 1.31. The van der Waals surface area contributed by atoms with Crippen LogP contribution in [-0.2, 0) is 13.1 Å². The van der Waals surface area contributed by atoms with Crippen LogP contribution in [0, 0.1) is 0 Å². The minimum atomic E-state index is -0.156. The molecule has 6 heteroatoms. The summed E-state index contributed by atoms with van der Waals surface area (Å²) in [7, 11) is 0. The van der Waals surface area contributed by atoms with Gasteiger partial charge in [-0.1, -0.05) is 11.6 Å². The lowest BCUT2D eigenvalue weighted by atomic mass is 10.1. The Hall–Kier alpha value is -1.53. The van der Waals surface area contributed by atoms with Crippen LogP contribution in [0.1, 0.15) is 19.0 Å². The van der Waals surface area contributed by atoms with Gasteiger partial charge in [-0.15, -0.1) is 0 Å². The van der Waals surface area contributed by atoms with Crippen LogP contribution in [0.2, 0.25) is 5.02 Å². The fraction of sp³-hybridized carbons (Fsp3) is 0.524. The quantitative estimate of drug-likeness (QED) is 0.824. The Bertz CT molecular complexity index is 748.